The van der Waals surface area contributed by atoms with Crippen LogP contribution in [0.15, 0.2) is 18.2 Å². The number of nitrogens with zero attached hydrogens (tertiary/aromatic N) is 1. The summed E-state index contributed by atoms with van der Waals surface area (Å²) < 4.78 is 0. The lowest BCUT2D eigenvalue weighted by Gasteiger charge is -2.17. The van der Waals surface area contributed by atoms with Crippen molar-refractivity contribution in [1.82, 2.24) is 0 Å². The van der Waals surface area contributed by atoms with Gasteiger partial charge in [-0.05, 0) is 44.0 Å². The van der Waals surface area contributed by atoms with Gasteiger partial charge < -0.3 is 5.73 Å². The van der Waals surface area contributed by atoms with Crippen molar-refractivity contribution in [3.05, 3.63) is 34.9 Å². The van der Waals surface area contributed by atoms with E-state index >= 15 is 0 Å². The second kappa shape index (κ2) is 5.38. The maximum Gasteiger partial charge on any atom is 0.0991 e. The summed E-state index contributed by atoms with van der Waals surface area (Å²) in [6.45, 7) is 6.11. The lowest BCUT2D eigenvalue weighted by atomic mass is 10.1. The van der Waals surface area contributed by atoms with Crippen LogP contribution in [0.1, 0.15) is 30.5 Å². The maximum absolute atomic E-state index is 8.76. The van der Waals surface area contributed by atoms with Crippen molar-refractivity contribution in [3.8, 4) is 6.07 Å². The molecule has 0 aliphatic carbocycles. The van der Waals surface area contributed by atoms with Crippen LogP contribution >= 0.6 is 11.8 Å². The van der Waals surface area contributed by atoms with Crippen LogP contribution in [0.2, 0.25) is 0 Å². The molecule has 0 aliphatic heterocycles. The van der Waals surface area contributed by atoms with Gasteiger partial charge in [-0.3, -0.25) is 0 Å². The van der Waals surface area contributed by atoms with Crippen molar-refractivity contribution >= 4 is 11.8 Å². The Hall–Kier alpha value is -0.980. The second-order valence-corrected chi connectivity index (χ2v) is 5.72. The Morgan fingerprint density at radius 3 is 2.62 bits per heavy atom. The van der Waals surface area contributed by atoms with Crippen LogP contribution in [-0.4, -0.2) is 11.3 Å². The molecule has 0 aromatic heterocycles. The van der Waals surface area contributed by atoms with Gasteiger partial charge in [-0.25, -0.2) is 0 Å². The number of hydrogen-bond acceptors (Lipinski definition) is 3. The van der Waals surface area contributed by atoms with Crippen LogP contribution in [0.25, 0.3) is 0 Å². The minimum atomic E-state index is -0.120. The lowest BCUT2D eigenvalue weighted by Crippen LogP contribution is -2.34. The average molecular weight is 234 g/mol. The molecular formula is C13H18N2S. The molecule has 1 rings (SSSR count). The van der Waals surface area contributed by atoms with Crippen molar-refractivity contribution in [2.45, 2.75) is 32.1 Å². The number of nitrogens with two attached hydrogens (primary N) is 1. The van der Waals surface area contributed by atoms with Gasteiger partial charge in [-0.1, -0.05) is 6.07 Å². The number of rotatable bonds is 4. The first-order chi connectivity index (χ1) is 7.42. The highest BCUT2D eigenvalue weighted by Gasteiger charge is 2.10. The summed E-state index contributed by atoms with van der Waals surface area (Å²) in [4.78, 5) is 0. The quantitative estimate of drug-likeness (QED) is 0.871. The van der Waals surface area contributed by atoms with Gasteiger partial charge >= 0.3 is 0 Å². The largest absolute Gasteiger partial charge is 0.325 e. The molecule has 0 spiro atoms. The first kappa shape index (κ1) is 13.1. The van der Waals surface area contributed by atoms with Gasteiger partial charge in [-0.2, -0.15) is 17.0 Å². The van der Waals surface area contributed by atoms with E-state index in [2.05, 4.69) is 6.07 Å². The molecule has 0 saturated heterocycles. The summed E-state index contributed by atoms with van der Waals surface area (Å²) in [5.74, 6) is 1.89. The van der Waals surface area contributed by atoms with Gasteiger partial charge in [0.15, 0.2) is 0 Å². The molecule has 0 atom stereocenters. The van der Waals surface area contributed by atoms with Gasteiger partial charge in [0.05, 0.1) is 11.6 Å². The highest BCUT2D eigenvalue weighted by Crippen LogP contribution is 2.19. The molecule has 86 valence electrons. The minimum absolute atomic E-state index is 0.120. The van der Waals surface area contributed by atoms with Crippen LogP contribution in [0.4, 0.5) is 0 Å². The Morgan fingerprint density at radius 2 is 2.12 bits per heavy atom. The Balaban J connectivity index is 2.59. The summed E-state index contributed by atoms with van der Waals surface area (Å²) in [6, 6.07) is 7.99. The molecule has 0 bridgehead atoms. The Labute approximate surface area is 102 Å². The van der Waals surface area contributed by atoms with Crippen molar-refractivity contribution < 1.29 is 0 Å². The summed E-state index contributed by atoms with van der Waals surface area (Å²) >= 11 is 1.83. The van der Waals surface area contributed by atoms with Crippen molar-refractivity contribution in [2.75, 3.05) is 5.75 Å². The maximum atomic E-state index is 8.76. The van der Waals surface area contributed by atoms with Gasteiger partial charge in [0, 0.05) is 17.0 Å². The fourth-order valence-electron chi connectivity index (χ4n) is 1.35. The molecular weight excluding hydrogens is 216 g/mol. The molecule has 0 unspecified atom stereocenters. The van der Waals surface area contributed by atoms with Gasteiger partial charge in [-0.15, -0.1) is 0 Å². The summed E-state index contributed by atoms with van der Waals surface area (Å²) in [7, 11) is 0. The minimum Gasteiger partial charge on any atom is -0.325 e. The highest BCUT2D eigenvalue weighted by atomic mass is 32.2. The first-order valence-electron chi connectivity index (χ1n) is 5.28. The molecule has 0 radical (unpaired) electrons. The number of nitriles is 1. The lowest BCUT2D eigenvalue weighted by molar-refractivity contribution is 0.591. The number of thioether (sulfide) groups is 1. The molecule has 2 N–H and O–H groups in total. The number of aryl methyl sites for hydroxylation is 1. The predicted octanol–water partition coefficient (Wildman–Crippen LogP) is 2.84. The fourth-order valence-corrected chi connectivity index (χ4v) is 2.52. The zero-order valence-corrected chi connectivity index (χ0v) is 10.9. The Kier molecular flexibility index (Phi) is 4.40. The molecule has 0 fully saturated rings. The van der Waals surface area contributed by atoms with E-state index in [0.29, 0.717) is 0 Å². The smallest absolute Gasteiger partial charge is 0.0991 e. The van der Waals surface area contributed by atoms with Crippen molar-refractivity contribution in [2.24, 2.45) is 5.73 Å². The zero-order chi connectivity index (χ0) is 12.2. The zero-order valence-electron chi connectivity index (χ0n) is 10.1. The number of hydrogen-bond donors (Lipinski definition) is 1. The monoisotopic (exact) mass is 234 g/mol. The van der Waals surface area contributed by atoms with E-state index < -0.39 is 0 Å². The fraction of sp³-hybridized carbons (Fsp3) is 0.462. The van der Waals surface area contributed by atoms with Gasteiger partial charge in [0.1, 0.15) is 0 Å². The van der Waals surface area contributed by atoms with Gasteiger partial charge in [0.25, 0.3) is 0 Å². The van der Waals surface area contributed by atoms with Crippen LogP contribution in [0.3, 0.4) is 0 Å². The van der Waals surface area contributed by atoms with E-state index in [4.69, 9.17) is 11.0 Å². The SMILES string of the molecule is Cc1cc(C#N)ccc1CSCC(C)(C)N. The molecule has 0 saturated carbocycles. The summed E-state index contributed by atoms with van der Waals surface area (Å²) in [6.07, 6.45) is 0. The molecule has 0 aliphatic rings. The van der Waals surface area contributed by atoms with E-state index in [1.807, 2.05) is 50.7 Å². The number of benzene rings is 1. The Morgan fingerprint density at radius 1 is 1.44 bits per heavy atom. The average Bonchev–Trinajstić information content (AvgIpc) is 2.18. The molecule has 2 nitrogen and oxygen atoms in total. The third kappa shape index (κ3) is 4.26. The molecule has 1 aromatic rings. The van der Waals surface area contributed by atoms with E-state index in [0.717, 1.165) is 17.1 Å². The second-order valence-electron chi connectivity index (χ2n) is 4.73. The highest BCUT2D eigenvalue weighted by molar-refractivity contribution is 7.98. The van der Waals surface area contributed by atoms with Crippen LogP contribution < -0.4 is 5.73 Å². The Bertz CT molecular complexity index is 399. The molecule has 1 aromatic carbocycles. The van der Waals surface area contributed by atoms with Crippen LogP contribution in [0.5, 0.6) is 0 Å². The van der Waals surface area contributed by atoms with Crippen molar-refractivity contribution in [1.29, 1.82) is 5.26 Å². The topological polar surface area (TPSA) is 49.8 Å². The van der Waals surface area contributed by atoms with Gasteiger partial charge in [0.2, 0.25) is 0 Å². The molecule has 0 heterocycles. The first-order valence-corrected chi connectivity index (χ1v) is 6.44. The summed E-state index contributed by atoms with van der Waals surface area (Å²) in [5.41, 5.74) is 8.99. The van der Waals surface area contributed by atoms with E-state index in [1.165, 1.54) is 11.1 Å². The van der Waals surface area contributed by atoms with Crippen LogP contribution in [-0.2, 0) is 5.75 Å². The molecule has 3 heteroatoms. The molecule has 16 heavy (non-hydrogen) atoms. The standard InChI is InChI=1S/C13H18N2S/c1-10-6-11(7-14)4-5-12(10)8-16-9-13(2,3)15/h4-6H,8-9,15H2,1-3H3. The predicted molar refractivity (Wildman–Crippen MR) is 70.3 cm³/mol. The van der Waals surface area contributed by atoms with E-state index in [1.54, 1.807) is 0 Å². The summed E-state index contributed by atoms with van der Waals surface area (Å²) in [5, 5.41) is 8.76. The third-order valence-electron chi connectivity index (χ3n) is 2.20. The van der Waals surface area contributed by atoms with Crippen molar-refractivity contribution in [3.63, 3.8) is 0 Å². The third-order valence-corrected chi connectivity index (χ3v) is 3.67. The van der Waals surface area contributed by atoms with E-state index in [-0.39, 0.29) is 5.54 Å². The normalized spacial score (nSPS) is 11.2. The van der Waals surface area contributed by atoms with E-state index in [9.17, 15) is 0 Å². The molecule has 0 amide bonds. The van der Waals surface area contributed by atoms with Crippen LogP contribution in [0, 0.1) is 18.3 Å².